The molecule has 4 N–H and O–H groups in total. The van der Waals surface area contributed by atoms with Crippen molar-refractivity contribution in [1.29, 1.82) is 0 Å². The third-order valence-electron chi connectivity index (χ3n) is 5.83. The number of dihydropyridines is 1. The SMILES string of the molecule is CCC[C@H](Nc1nc(NCC2=C(C)C=C(C)NC2C)c2ncn(C(C)C)c2n1)[C@@H](C)O. The van der Waals surface area contributed by atoms with E-state index >= 15 is 0 Å². The van der Waals surface area contributed by atoms with Crippen LogP contribution in [0.5, 0.6) is 0 Å². The van der Waals surface area contributed by atoms with Crippen LogP contribution in [0, 0.1) is 0 Å². The predicted octanol–water partition coefficient (Wildman–Crippen LogP) is 3.99. The Morgan fingerprint density at radius 2 is 1.97 bits per heavy atom. The molecule has 2 aromatic heterocycles. The fourth-order valence-electron chi connectivity index (χ4n) is 4.09. The first-order valence-electron chi connectivity index (χ1n) is 11.3. The second kappa shape index (κ2) is 9.68. The van der Waals surface area contributed by atoms with Gasteiger partial charge in [0.1, 0.15) is 0 Å². The fourth-order valence-corrected chi connectivity index (χ4v) is 4.09. The van der Waals surface area contributed by atoms with E-state index in [9.17, 15) is 5.11 Å². The molecule has 0 bridgehead atoms. The smallest absolute Gasteiger partial charge is 0.227 e. The molecular weight excluding hydrogens is 390 g/mol. The number of nitrogens with zero attached hydrogens (tertiary/aromatic N) is 4. The number of imidazole rings is 1. The monoisotopic (exact) mass is 427 g/mol. The van der Waals surface area contributed by atoms with Crippen LogP contribution >= 0.6 is 0 Å². The lowest BCUT2D eigenvalue weighted by Crippen LogP contribution is -2.33. The van der Waals surface area contributed by atoms with E-state index in [2.05, 4.69) is 68.6 Å². The molecule has 0 spiro atoms. The number of nitrogens with one attached hydrogen (secondary N) is 3. The minimum absolute atomic E-state index is 0.105. The van der Waals surface area contributed by atoms with Crippen molar-refractivity contribution in [3.05, 3.63) is 29.2 Å². The van der Waals surface area contributed by atoms with Crippen LogP contribution in [0.2, 0.25) is 0 Å². The lowest BCUT2D eigenvalue weighted by Gasteiger charge is -2.26. The van der Waals surface area contributed by atoms with Gasteiger partial charge in [-0.2, -0.15) is 9.97 Å². The first-order valence-corrected chi connectivity index (χ1v) is 11.3. The Bertz CT molecular complexity index is 974. The number of allylic oxidation sites excluding steroid dienone is 3. The van der Waals surface area contributed by atoms with E-state index in [0.29, 0.717) is 18.3 Å². The summed E-state index contributed by atoms with van der Waals surface area (Å²) in [7, 11) is 0. The van der Waals surface area contributed by atoms with Gasteiger partial charge in [0.15, 0.2) is 17.0 Å². The summed E-state index contributed by atoms with van der Waals surface area (Å²) in [6, 6.07) is 0.376. The number of hydrogen-bond donors (Lipinski definition) is 4. The minimum atomic E-state index is -0.498. The third kappa shape index (κ3) is 5.18. The van der Waals surface area contributed by atoms with Crippen LogP contribution < -0.4 is 16.0 Å². The molecule has 31 heavy (non-hydrogen) atoms. The summed E-state index contributed by atoms with van der Waals surface area (Å²) in [5.74, 6) is 1.21. The van der Waals surface area contributed by atoms with Crippen molar-refractivity contribution in [2.45, 2.75) is 85.5 Å². The first kappa shape index (κ1) is 23.1. The Kier molecular flexibility index (Phi) is 7.20. The maximum atomic E-state index is 10.2. The van der Waals surface area contributed by atoms with Gasteiger partial charge in [-0.3, -0.25) is 0 Å². The highest BCUT2D eigenvalue weighted by molar-refractivity contribution is 5.84. The summed E-state index contributed by atoms with van der Waals surface area (Å²) < 4.78 is 2.05. The lowest BCUT2D eigenvalue weighted by atomic mass is 9.98. The summed E-state index contributed by atoms with van der Waals surface area (Å²) >= 11 is 0. The number of rotatable bonds is 9. The van der Waals surface area contributed by atoms with Crippen LogP contribution in [0.25, 0.3) is 11.2 Å². The van der Waals surface area contributed by atoms with Gasteiger partial charge in [-0.05, 0) is 65.2 Å². The van der Waals surface area contributed by atoms with Crippen molar-refractivity contribution in [3.63, 3.8) is 0 Å². The Morgan fingerprint density at radius 3 is 2.58 bits per heavy atom. The normalized spacial score (nSPS) is 18.7. The van der Waals surface area contributed by atoms with Crippen LogP contribution in [0.3, 0.4) is 0 Å². The molecule has 0 aliphatic carbocycles. The Morgan fingerprint density at radius 1 is 1.23 bits per heavy atom. The zero-order valence-corrected chi connectivity index (χ0v) is 19.8. The molecule has 0 radical (unpaired) electrons. The predicted molar refractivity (Wildman–Crippen MR) is 127 cm³/mol. The van der Waals surface area contributed by atoms with Gasteiger partial charge in [-0.1, -0.05) is 13.3 Å². The van der Waals surface area contributed by atoms with Crippen LogP contribution in [0.4, 0.5) is 11.8 Å². The van der Waals surface area contributed by atoms with E-state index < -0.39 is 6.10 Å². The van der Waals surface area contributed by atoms with Crippen molar-refractivity contribution < 1.29 is 5.11 Å². The molecule has 0 fully saturated rings. The van der Waals surface area contributed by atoms with E-state index in [-0.39, 0.29) is 18.1 Å². The Balaban J connectivity index is 1.96. The molecule has 1 unspecified atom stereocenters. The number of hydrogen-bond acceptors (Lipinski definition) is 7. The lowest BCUT2D eigenvalue weighted by molar-refractivity contribution is 0.166. The topological polar surface area (TPSA) is 99.9 Å². The molecule has 0 aromatic carbocycles. The van der Waals surface area contributed by atoms with Gasteiger partial charge in [-0.25, -0.2) is 4.98 Å². The van der Waals surface area contributed by atoms with Crippen molar-refractivity contribution in [2.24, 2.45) is 0 Å². The fraction of sp³-hybridized carbons (Fsp3) is 0.609. The van der Waals surface area contributed by atoms with E-state index in [4.69, 9.17) is 9.97 Å². The van der Waals surface area contributed by atoms with Crippen molar-refractivity contribution in [3.8, 4) is 0 Å². The Labute approximate surface area is 185 Å². The van der Waals surface area contributed by atoms with Crippen molar-refractivity contribution in [1.82, 2.24) is 24.8 Å². The maximum Gasteiger partial charge on any atom is 0.227 e. The average Bonchev–Trinajstić information content (AvgIpc) is 3.11. The molecule has 8 nitrogen and oxygen atoms in total. The Hall–Kier alpha value is -2.61. The minimum Gasteiger partial charge on any atom is -0.391 e. The molecule has 8 heteroatoms. The van der Waals surface area contributed by atoms with Gasteiger partial charge in [0.05, 0.1) is 18.5 Å². The number of aromatic nitrogens is 4. The van der Waals surface area contributed by atoms with E-state index in [1.165, 1.54) is 16.8 Å². The standard InChI is InChI=1S/C23H37N7O/c1-8-9-19(17(7)31)27-23-28-21(20-22(29-23)30(12-25-20)13(2)3)24-11-18-14(4)10-15(5)26-16(18)6/h10,12-13,16-17,19,26,31H,8-9,11H2,1-7H3,(H2,24,27,28,29)/t16?,17-,19+/m1/s1. The number of aliphatic hydroxyl groups is 1. The van der Waals surface area contributed by atoms with Gasteiger partial charge in [-0.15, -0.1) is 0 Å². The quantitative estimate of drug-likeness (QED) is 0.480. The molecule has 3 heterocycles. The number of fused-ring (bicyclic) bond motifs is 1. The van der Waals surface area contributed by atoms with Crippen LogP contribution in [0.15, 0.2) is 29.2 Å². The van der Waals surface area contributed by atoms with Gasteiger partial charge in [0.2, 0.25) is 5.95 Å². The largest absolute Gasteiger partial charge is 0.391 e. The molecule has 0 saturated carbocycles. The van der Waals surface area contributed by atoms with E-state index in [1.54, 1.807) is 6.92 Å². The highest BCUT2D eigenvalue weighted by Crippen LogP contribution is 2.25. The van der Waals surface area contributed by atoms with Gasteiger partial charge in [0, 0.05) is 24.3 Å². The highest BCUT2D eigenvalue weighted by Gasteiger charge is 2.21. The maximum absolute atomic E-state index is 10.2. The summed E-state index contributed by atoms with van der Waals surface area (Å²) in [6.07, 6.45) is 5.30. The second-order valence-corrected chi connectivity index (χ2v) is 8.85. The molecule has 1 aliphatic heterocycles. The molecule has 1 aliphatic rings. The van der Waals surface area contributed by atoms with Crippen LogP contribution in [-0.4, -0.2) is 49.4 Å². The molecule has 2 aromatic rings. The molecular formula is C23H37N7O. The van der Waals surface area contributed by atoms with E-state index in [1.807, 2.05) is 10.9 Å². The second-order valence-electron chi connectivity index (χ2n) is 8.85. The highest BCUT2D eigenvalue weighted by atomic mass is 16.3. The first-order chi connectivity index (χ1) is 14.7. The van der Waals surface area contributed by atoms with E-state index in [0.717, 1.165) is 24.0 Å². The molecule has 3 rings (SSSR count). The van der Waals surface area contributed by atoms with Gasteiger partial charge in [0.25, 0.3) is 0 Å². The summed E-state index contributed by atoms with van der Waals surface area (Å²) in [5.41, 5.74) is 5.28. The van der Waals surface area contributed by atoms with Crippen molar-refractivity contribution in [2.75, 3.05) is 17.2 Å². The molecule has 3 atom stereocenters. The summed E-state index contributed by atoms with van der Waals surface area (Å²) in [6.45, 7) is 15.2. The van der Waals surface area contributed by atoms with Crippen LogP contribution in [-0.2, 0) is 0 Å². The number of anilines is 2. The average molecular weight is 428 g/mol. The molecule has 0 amide bonds. The summed E-state index contributed by atoms with van der Waals surface area (Å²) in [5, 5.41) is 20.5. The zero-order chi connectivity index (χ0) is 22.7. The van der Waals surface area contributed by atoms with Gasteiger partial charge >= 0.3 is 0 Å². The van der Waals surface area contributed by atoms with Gasteiger partial charge < -0.3 is 25.6 Å². The third-order valence-corrected chi connectivity index (χ3v) is 5.83. The zero-order valence-electron chi connectivity index (χ0n) is 19.8. The summed E-state index contributed by atoms with van der Waals surface area (Å²) in [4.78, 5) is 14.1. The van der Waals surface area contributed by atoms with Crippen LogP contribution in [0.1, 0.15) is 67.3 Å². The molecule has 0 saturated heterocycles. The molecule has 170 valence electrons. The van der Waals surface area contributed by atoms with Crippen molar-refractivity contribution >= 4 is 22.9 Å². The number of aliphatic hydroxyl groups excluding tert-OH is 1.